The highest BCUT2D eigenvalue weighted by molar-refractivity contribution is 7.17. The van der Waals surface area contributed by atoms with Gasteiger partial charge >= 0.3 is 0 Å². The number of nitrogens with zero attached hydrogens (tertiary/aromatic N) is 4. The zero-order valence-electron chi connectivity index (χ0n) is 14.4. The molecule has 0 unspecified atom stereocenters. The molecule has 1 saturated heterocycles. The van der Waals surface area contributed by atoms with Crippen LogP contribution in [0.5, 0.6) is 0 Å². The molecule has 6 nitrogen and oxygen atoms in total. The average molecular weight is 355 g/mol. The normalized spacial score (nSPS) is 16.1. The van der Waals surface area contributed by atoms with Gasteiger partial charge in [0.2, 0.25) is 5.95 Å². The van der Waals surface area contributed by atoms with Gasteiger partial charge in [0.25, 0.3) is 5.91 Å². The minimum atomic E-state index is -0.0933. The summed E-state index contributed by atoms with van der Waals surface area (Å²) in [7, 11) is 0. The van der Waals surface area contributed by atoms with Crippen LogP contribution >= 0.6 is 11.3 Å². The fourth-order valence-electron chi connectivity index (χ4n) is 2.58. The Morgan fingerprint density at radius 3 is 2.92 bits per heavy atom. The summed E-state index contributed by atoms with van der Waals surface area (Å²) in [6.45, 7) is 9.14. The first kappa shape index (κ1) is 17.3. The predicted octanol–water partition coefficient (Wildman–Crippen LogP) is 3.50. The standard InChI is InChI=1S/C18H21N5OS/c1-4-8-19-13(5-2)12(3)20-18-21-14-7-11-25-16(14)15(22-18)17(24)23-9-6-10-23/h4-5,7-8,11-12H,1,6,9-10H2,2-3H3,(H,20,21,22)/b13-5-,19-8-/t12-/m0/s1. The summed E-state index contributed by atoms with van der Waals surface area (Å²) < 4.78 is 0.839. The molecular formula is C18H21N5OS. The minimum absolute atomic E-state index is 0.0206. The molecule has 3 heterocycles. The Morgan fingerprint density at radius 1 is 1.48 bits per heavy atom. The second kappa shape index (κ2) is 7.57. The summed E-state index contributed by atoms with van der Waals surface area (Å²) in [6, 6.07) is 1.82. The molecule has 2 aromatic rings. The number of rotatable bonds is 6. The topological polar surface area (TPSA) is 70.5 Å². The van der Waals surface area contributed by atoms with E-state index in [9.17, 15) is 4.79 Å². The van der Waals surface area contributed by atoms with E-state index in [1.165, 1.54) is 11.3 Å². The maximum atomic E-state index is 12.7. The summed E-state index contributed by atoms with van der Waals surface area (Å²) in [5.74, 6) is 0.420. The maximum absolute atomic E-state index is 12.7. The summed E-state index contributed by atoms with van der Waals surface area (Å²) in [6.07, 6.45) is 6.26. The van der Waals surface area contributed by atoms with Gasteiger partial charge in [0.1, 0.15) is 0 Å². The summed E-state index contributed by atoms with van der Waals surface area (Å²) >= 11 is 1.50. The van der Waals surface area contributed by atoms with Crippen LogP contribution in [0.15, 0.2) is 40.9 Å². The molecule has 1 N–H and O–H groups in total. The van der Waals surface area contributed by atoms with Gasteiger partial charge in [-0.1, -0.05) is 18.7 Å². The molecule has 0 radical (unpaired) electrons. The molecule has 0 bridgehead atoms. The molecule has 3 rings (SSSR count). The van der Waals surface area contributed by atoms with Gasteiger partial charge in [0, 0.05) is 19.3 Å². The number of hydrogen-bond donors (Lipinski definition) is 1. The highest BCUT2D eigenvalue weighted by Gasteiger charge is 2.26. The van der Waals surface area contributed by atoms with Crippen molar-refractivity contribution >= 4 is 39.6 Å². The van der Waals surface area contributed by atoms with Crippen LogP contribution in [0, 0.1) is 0 Å². The lowest BCUT2D eigenvalue weighted by molar-refractivity contribution is 0.0648. The second-order valence-electron chi connectivity index (χ2n) is 5.77. The molecule has 130 valence electrons. The van der Waals surface area contributed by atoms with Gasteiger partial charge in [0.05, 0.1) is 22.0 Å². The van der Waals surface area contributed by atoms with Crippen molar-refractivity contribution in [1.82, 2.24) is 14.9 Å². The Balaban J connectivity index is 1.90. The fraction of sp³-hybridized carbons (Fsp3) is 0.333. The molecule has 1 aliphatic heterocycles. The Hall–Kier alpha value is -2.54. The van der Waals surface area contributed by atoms with E-state index in [0.29, 0.717) is 11.6 Å². The van der Waals surface area contributed by atoms with Crippen LogP contribution in [0.25, 0.3) is 10.2 Å². The number of fused-ring (bicyclic) bond motifs is 1. The summed E-state index contributed by atoms with van der Waals surface area (Å²) in [5.41, 5.74) is 2.12. The van der Waals surface area contributed by atoms with Crippen molar-refractivity contribution in [3.8, 4) is 0 Å². The Labute approximate surface area is 151 Å². The third kappa shape index (κ3) is 3.61. The molecule has 2 aromatic heterocycles. The van der Waals surface area contributed by atoms with Gasteiger partial charge in [0.15, 0.2) is 5.69 Å². The number of hydrogen-bond acceptors (Lipinski definition) is 6. The van der Waals surface area contributed by atoms with Gasteiger partial charge in [-0.25, -0.2) is 9.97 Å². The molecule has 0 aromatic carbocycles. The Kier molecular flexibility index (Phi) is 5.23. The van der Waals surface area contributed by atoms with E-state index in [1.807, 2.05) is 36.3 Å². The summed E-state index contributed by atoms with van der Waals surface area (Å²) in [5, 5.41) is 5.19. The van der Waals surface area contributed by atoms with Gasteiger partial charge in [-0.05, 0) is 31.7 Å². The third-order valence-corrected chi connectivity index (χ3v) is 4.97. The van der Waals surface area contributed by atoms with Crippen LogP contribution in [0.3, 0.4) is 0 Å². The number of carbonyl (C=O) groups excluding carboxylic acids is 1. The maximum Gasteiger partial charge on any atom is 0.274 e. The first-order chi connectivity index (χ1) is 12.1. The lowest BCUT2D eigenvalue weighted by Crippen LogP contribution is -2.42. The van der Waals surface area contributed by atoms with E-state index in [-0.39, 0.29) is 11.9 Å². The Morgan fingerprint density at radius 2 is 2.28 bits per heavy atom. The lowest BCUT2D eigenvalue weighted by atomic mass is 10.2. The number of anilines is 1. The highest BCUT2D eigenvalue weighted by atomic mass is 32.1. The molecule has 1 aliphatic rings. The van der Waals surface area contributed by atoms with Crippen LogP contribution in [-0.2, 0) is 0 Å². The monoisotopic (exact) mass is 355 g/mol. The predicted molar refractivity (Wildman–Crippen MR) is 103 cm³/mol. The largest absolute Gasteiger partial charge is 0.346 e. The number of nitrogens with one attached hydrogen (secondary N) is 1. The fourth-order valence-corrected chi connectivity index (χ4v) is 3.40. The SMILES string of the molecule is C=C/C=N\C(=C/C)[C@H](C)Nc1nc(C(=O)N2CCC2)c2sccc2n1. The molecule has 1 atom stereocenters. The number of allylic oxidation sites excluding steroid dienone is 2. The number of aromatic nitrogens is 2. The van der Waals surface area contributed by atoms with Crippen molar-refractivity contribution in [2.45, 2.75) is 26.3 Å². The van der Waals surface area contributed by atoms with Gasteiger partial charge in [-0.15, -0.1) is 11.3 Å². The van der Waals surface area contributed by atoms with Crippen molar-refractivity contribution in [3.63, 3.8) is 0 Å². The van der Waals surface area contributed by atoms with E-state index >= 15 is 0 Å². The summed E-state index contributed by atoms with van der Waals surface area (Å²) in [4.78, 5) is 27.9. The highest BCUT2D eigenvalue weighted by Crippen LogP contribution is 2.26. The second-order valence-corrected chi connectivity index (χ2v) is 6.69. The first-order valence-electron chi connectivity index (χ1n) is 8.26. The number of thiophene rings is 1. The van der Waals surface area contributed by atoms with E-state index in [2.05, 4.69) is 26.9 Å². The molecule has 0 saturated carbocycles. The number of aliphatic imine (C=N–C) groups is 1. The van der Waals surface area contributed by atoms with Crippen molar-refractivity contribution < 1.29 is 4.79 Å². The zero-order valence-corrected chi connectivity index (χ0v) is 15.2. The van der Waals surface area contributed by atoms with Crippen LogP contribution in [0.1, 0.15) is 30.8 Å². The van der Waals surface area contributed by atoms with Crippen molar-refractivity contribution in [1.29, 1.82) is 0 Å². The van der Waals surface area contributed by atoms with Crippen LogP contribution in [0.2, 0.25) is 0 Å². The molecule has 0 spiro atoms. The lowest BCUT2D eigenvalue weighted by Gasteiger charge is -2.30. The van der Waals surface area contributed by atoms with E-state index in [1.54, 1.807) is 12.3 Å². The molecular weight excluding hydrogens is 334 g/mol. The van der Waals surface area contributed by atoms with Crippen LogP contribution in [0.4, 0.5) is 5.95 Å². The molecule has 7 heteroatoms. The molecule has 1 fully saturated rings. The third-order valence-electron chi connectivity index (χ3n) is 4.06. The average Bonchev–Trinajstić information content (AvgIpc) is 3.01. The Bertz CT molecular complexity index is 850. The smallest absolute Gasteiger partial charge is 0.274 e. The quantitative estimate of drug-likeness (QED) is 0.805. The first-order valence-corrected chi connectivity index (χ1v) is 9.14. The van der Waals surface area contributed by atoms with Crippen LogP contribution < -0.4 is 5.32 Å². The van der Waals surface area contributed by atoms with Gasteiger partial charge in [-0.3, -0.25) is 9.79 Å². The van der Waals surface area contributed by atoms with E-state index in [4.69, 9.17) is 0 Å². The molecule has 0 aliphatic carbocycles. The van der Waals surface area contributed by atoms with Crippen molar-refractivity contribution in [3.05, 3.63) is 41.6 Å². The van der Waals surface area contributed by atoms with Crippen molar-refractivity contribution in [2.24, 2.45) is 4.99 Å². The zero-order chi connectivity index (χ0) is 17.8. The molecule has 25 heavy (non-hydrogen) atoms. The van der Waals surface area contributed by atoms with E-state index in [0.717, 1.165) is 35.4 Å². The van der Waals surface area contributed by atoms with Crippen molar-refractivity contribution in [2.75, 3.05) is 18.4 Å². The number of amides is 1. The van der Waals surface area contributed by atoms with E-state index < -0.39 is 0 Å². The number of carbonyl (C=O) groups is 1. The minimum Gasteiger partial charge on any atom is -0.346 e. The number of likely N-dealkylation sites (tertiary alicyclic amines) is 1. The molecule has 1 amide bonds. The van der Waals surface area contributed by atoms with Gasteiger partial charge in [-0.2, -0.15) is 0 Å². The van der Waals surface area contributed by atoms with Crippen LogP contribution in [-0.4, -0.2) is 46.1 Å². The van der Waals surface area contributed by atoms with Gasteiger partial charge < -0.3 is 10.2 Å².